The van der Waals surface area contributed by atoms with E-state index in [9.17, 15) is 9.59 Å². The van der Waals surface area contributed by atoms with Crippen LogP contribution >= 0.6 is 11.8 Å². The van der Waals surface area contributed by atoms with Crippen LogP contribution in [0.2, 0.25) is 0 Å². The summed E-state index contributed by atoms with van der Waals surface area (Å²) in [6.45, 7) is 3.72. The summed E-state index contributed by atoms with van der Waals surface area (Å²) in [5.74, 6) is -0.130. The number of carbonyl (C=O) groups excluding carboxylic acids is 2. The Balaban J connectivity index is 1.95. The number of thioether (sulfide) groups is 1. The van der Waals surface area contributed by atoms with E-state index < -0.39 is 0 Å². The van der Waals surface area contributed by atoms with Crippen molar-refractivity contribution in [2.24, 2.45) is 0 Å². The lowest BCUT2D eigenvalue weighted by molar-refractivity contribution is -0.124. The van der Waals surface area contributed by atoms with Crippen LogP contribution in [0.5, 0.6) is 0 Å². The molecule has 9 nitrogen and oxygen atoms in total. The number of rotatable bonds is 7. The van der Waals surface area contributed by atoms with Gasteiger partial charge in [0.2, 0.25) is 11.9 Å². The fourth-order valence-electron chi connectivity index (χ4n) is 2.37. The van der Waals surface area contributed by atoms with Gasteiger partial charge in [0.1, 0.15) is 0 Å². The molecule has 0 saturated carbocycles. The van der Waals surface area contributed by atoms with Gasteiger partial charge in [-0.15, -0.1) is 0 Å². The monoisotopic (exact) mass is 362 g/mol. The number of amides is 2. The number of imide groups is 1. The van der Waals surface area contributed by atoms with E-state index in [-0.39, 0.29) is 18.2 Å². The van der Waals surface area contributed by atoms with Crippen molar-refractivity contribution in [3.05, 3.63) is 17.3 Å². The third kappa shape index (κ3) is 3.80. The number of anilines is 1. The summed E-state index contributed by atoms with van der Waals surface area (Å²) in [6.07, 6.45) is 5.19. The van der Waals surface area contributed by atoms with Crippen LogP contribution in [0.1, 0.15) is 18.9 Å². The van der Waals surface area contributed by atoms with E-state index in [0.29, 0.717) is 47.6 Å². The van der Waals surface area contributed by atoms with Gasteiger partial charge in [0.05, 0.1) is 19.2 Å². The molecule has 3 heterocycles. The summed E-state index contributed by atoms with van der Waals surface area (Å²) in [6, 6.07) is 0. The number of ether oxygens (including phenoxy) is 1. The van der Waals surface area contributed by atoms with Gasteiger partial charge in [0.15, 0.2) is 10.8 Å². The number of carbonyl (C=O) groups is 2. The number of nitrogens with zero attached hydrogens (tertiary/aromatic N) is 4. The highest BCUT2D eigenvalue weighted by atomic mass is 32.2. The highest BCUT2D eigenvalue weighted by Gasteiger charge is 2.24. The third-order valence-electron chi connectivity index (χ3n) is 3.52. The molecule has 0 spiro atoms. The zero-order valence-corrected chi connectivity index (χ0v) is 14.7. The average molecular weight is 362 g/mol. The number of hydrogen-bond donors (Lipinski definition) is 2. The largest absolute Gasteiger partial charge is 0.380 e. The van der Waals surface area contributed by atoms with Crippen LogP contribution in [0, 0.1) is 0 Å². The molecule has 3 rings (SSSR count). The minimum atomic E-state index is -0.376. The molecular weight excluding hydrogens is 344 g/mol. The summed E-state index contributed by atoms with van der Waals surface area (Å²) in [7, 11) is 0. The molecule has 25 heavy (non-hydrogen) atoms. The molecule has 0 unspecified atom stereocenters. The Morgan fingerprint density at radius 1 is 1.44 bits per heavy atom. The van der Waals surface area contributed by atoms with Gasteiger partial charge in [-0.1, -0.05) is 11.8 Å². The standard InChI is InChI=1S/C15H18N6O3S/c1-3-24-5-4-16-14-20-15(25-2)19-12-10(8-17-21(12)14)6-9-7-11(22)18-13(9)23/h6,8H,3-5,7H2,1-2H3,(H,16,19,20)(H,18,22,23)/b9-6+. The molecule has 1 aliphatic rings. The quantitative estimate of drug-likeness (QED) is 0.321. The molecule has 10 heteroatoms. The van der Waals surface area contributed by atoms with Crippen LogP contribution in [0.4, 0.5) is 5.95 Å². The second kappa shape index (κ2) is 7.62. The van der Waals surface area contributed by atoms with Gasteiger partial charge >= 0.3 is 0 Å². The second-order valence-corrected chi connectivity index (χ2v) is 5.99. The van der Waals surface area contributed by atoms with Gasteiger partial charge in [-0.3, -0.25) is 14.9 Å². The minimum Gasteiger partial charge on any atom is -0.380 e. The van der Waals surface area contributed by atoms with Crippen LogP contribution in [0.15, 0.2) is 16.9 Å². The number of aromatic nitrogens is 4. The molecule has 0 aliphatic carbocycles. The Morgan fingerprint density at radius 3 is 2.96 bits per heavy atom. The lowest BCUT2D eigenvalue weighted by Crippen LogP contribution is -2.19. The zero-order chi connectivity index (χ0) is 17.8. The van der Waals surface area contributed by atoms with Crippen molar-refractivity contribution in [3.8, 4) is 0 Å². The van der Waals surface area contributed by atoms with Gasteiger partial charge < -0.3 is 10.1 Å². The molecule has 2 amide bonds. The zero-order valence-electron chi connectivity index (χ0n) is 13.9. The summed E-state index contributed by atoms with van der Waals surface area (Å²) >= 11 is 1.41. The SMILES string of the molecule is CCOCCNc1nc(SC)nc2c(/C=C3\CC(=O)NC3=O)cnn12. The molecule has 0 aromatic carbocycles. The molecule has 2 aromatic rings. The molecule has 0 radical (unpaired) electrons. The summed E-state index contributed by atoms with van der Waals surface area (Å²) in [5, 5.41) is 10.3. The first-order chi connectivity index (χ1) is 12.1. The van der Waals surface area contributed by atoms with Gasteiger partial charge in [0, 0.05) is 24.3 Å². The molecule has 1 fully saturated rings. The maximum absolute atomic E-state index is 11.7. The highest BCUT2D eigenvalue weighted by Crippen LogP contribution is 2.21. The Bertz CT molecular complexity index is 847. The number of nitrogens with one attached hydrogen (secondary N) is 2. The van der Waals surface area contributed by atoms with E-state index in [1.807, 2.05) is 13.2 Å². The second-order valence-electron chi connectivity index (χ2n) is 5.22. The van der Waals surface area contributed by atoms with E-state index in [0.717, 1.165) is 0 Å². The first kappa shape index (κ1) is 17.4. The van der Waals surface area contributed by atoms with Crippen LogP contribution in [0.3, 0.4) is 0 Å². The molecule has 0 atom stereocenters. The summed E-state index contributed by atoms with van der Waals surface area (Å²) in [4.78, 5) is 32.0. The Kier molecular flexibility index (Phi) is 5.29. The summed E-state index contributed by atoms with van der Waals surface area (Å²) in [5.41, 5.74) is 1.62. The highest BCUT2D eigenvalue weighted by molar-refractivity contribution is 7.98. The van der Waals surface area contributed by atoms with Crippen molar-refractivity contribution in [2.75, 3.05) is 31.3 Å². The Hall–Kier alpha value is -2.46. The molecule has 1 saturated heterocycles. The predicted octanol–water partition coefficient (Wildman–Crippen LogP) is 0.724. The van der Waals surface area contributed by atoms with Crippen LogP contribution in [-0.2, 0) is 14.3 Å². The van der Waals surface area contributed by atoms with Crippen LogP contribution in [-0.4, -0.2) is 57.4 Å². The smallest absolute Gasteiger partial charge is 0.254 e. The third-order valence-corrected chi connectivity index (χ3v) is 4.06. The van der Waals surface area contributed by atoms with Gasteiger partial charge in [-0.2, -0.15) is 14.6 Å². The maximum Gasteiger partial charge on any atom is 0.254 e. The minimum absolute atomic E-state index is 0.0656. The predicted molar refractivity (Wildman–Crippen MR) is 93.3 cm³/mol. The molecule has 132 valence electrons. The summed E-state index contributed by atoms with van der Waals surface area (Å²) < 4.78 is 6.89. The van der Waals surface area contributed by atoms with E-state index in [2.05, 4.69) is 25.7 Å². The fourth-order valence-corrected chi connectivity index (χ4v) is 2.73. The van der Waals surface area contributed by atoms with E-state index in [4.69, 9.17) is 4.74 Å². The van der Waals surface area contributed by atoms with Gasteiger partial charge in [0.25, 0.3) is 5.91 Å². The van der Waals surface area contributed by atoms with Crippen molar-refractivity contribution >= 4 is 41.2 Å². The molecule has 2 aromatic heterocycles. The van der Waals surface area contributed by atoms with Gasteiger partial charge in [-0.25, -0.2) is 4.98 Å². The van der Waals surface area contributed by atoms with Crippen molar-refractivity contribution in [1.29, 1.82) is 0 Å². The Morgan fingerprint density at radius 2 is 2.28 bits per heavy atom. The van der Waals surface area contributed by atoms with E-state index in [1.165, 1.54) is 11.8 Å². The normalized spacial score (nSPS) is 16.0. The van der Waals surface area contributed by atoms with E-state index in [1.54, 1.807) is 16.8 Å². The Labute approximate surface area is 148 Å². The van der Waals surface area contributed by atoms with Crippen molar-refractivity contribution in [3.63, 3.8) is 0 Å². The van der Waals surface area contributed by atoms with Crippen LogP contribution < -0.4 is 10.6 Å². The van der Waals surface area contributed by atoms with Crippen molar-refractivity contribution in [2.45, 2.75) is 18.5 Å². The first-order valence-corrected chi connectivity index (χ1v) is 9.01. The first-order valence-electron chi connectivity index (χ1n) is 7.78. The molecular formula is C15H18N6O3S. The van der Waals surface area contributed by atoms with Gasteiger partial charge in [-0.05, 0) is 19.3 Å². The maximum atomic E-state index is 11.7. The van der Waals surface area contributed by atoms with E-state index >= 15 is 0 Å². The number of fused-ring (bicyclic) bond motifs is 1. The topological polar surface area (TPSA) is 111 Å². The fraction of sp³-hybridized carbons (Fsp3) is 0.400. The lowest BCUT2D eigenvalue weighted by atomic mass is 10.1. The number of hydrogen-bond acceptors (Lipinski definition) is 8. The average Bonchev–Trinajstić information content (AvgIpc) is 3.14. The van der Waals surface area contributed by atoms with Crippen molar-refractivity contribution in [1.82, 2.24) is 24.9 Å². The molecule has 0 bridgehead atoms. The van der Waals surface area contributed by atoms with Crippen LogP contribution in [0.25, 0.3) is 11.7 Å². The molecule has 1 aliphatic heterocycles. The lowest BCUT2D eigenvalue weighted by Gasteiger charge is -2.08. The van der Waals surface area contributed by atoms with Crippen molar-refractivity contribution < 1.29 is 14.3 Å². The molecule has 2 N–H and O–H groups in total.